The molecule has 0 bridgehead atoms. The third-order valence-corrected chi connectivity index (χ3v) is 10.5. The molecule has 9 heteroatoms. The highest BCUT2D eigenvalue weighted by Gasteiger charge is 2.34. The Labute approximate surface area is 313 Å². The fourth-order valence-corrected chi connectivity index (χ4v) is 6.81. The summed E-state index contributed by atoms with van der Waals surface area (Å²) in [7, 11) is 0. The Bertz CT molecular complexity index is 1560. The monoisotopic (exact) mass is 726 g/mol. The molecule has 3 aromatic carbocycles. The van der Waals surface area contributed by atoms with Gasteiger partial charge in [-0.05, 0) is 96.0 Å². The zero-order valence-electron chi connectivity index (χ0n) is 31.7. The molecule has 0 heterocycles. The normalized spacial score (nSPS) is 18.9. The second-order valence-electron chi connectivity index (χ2n) is 15.0. The zero-order chi connectivity index (χ0) is 37.4. The van der Waals surface area contributed by atoms with E-state index in [4.69, 9.17) is 28.4 Å². The Morgan fingerprint density at radius 2 is 0.830 bits per heavy atom. The quantitative estimate of drug-likeness (QED) is 0.0605. The van der Waals surface area contributed by atoms with E-state index in [0.29, 0.717) is 36.5 Å². The van der Waals surface area contributed by atoms with Gasteiger partial charge in [0.25, 0.3) is 0 Å². The Hall–Kier alpha value is -4.05. The van der Waals surface area contributed by atoms with Crippen molar-refractivity contribution in [2.75, 3.05) is 39.6 Å². The maximum absolute atomic E-state index is 13.4. The van der Waals surface area contributed by atoms with Crippen LogP contribution in [-0.4, -0.2) is 57.5 Å². The number of hydrogen-bond donors (Lipinski definition) is 0. The van der Waals surface area contributed by atoms with Crippen molar-refractivity contribution in [2.24, 2.45) is 5.41 Å². The van der Waals surface area contributed by atoms with Gasteiger partial charge in [-0.3, -0.25) is 0 Å². The molecular formula is C44H54O9. The van der Waals surface area contributed by atoms with E-state index in [-0.39, 0.29) is 38.1 Å². The van der Waals surface area contributed by atoms with Crippen LogP contribution in [0.5, 0.6) is 0 Å². The van der Waals surface area contributed by atoms with E-state index in [1.807, 2.05) is 36.4 Å². The van der Waals surface area contributed by atoms with Gasteiger partial charge in [0, 0.05) is 39.1 Å². The predicted molar refractivity (Wildman–Crippen MR) is 200 cm³/mol. The van der Waals surface area contributed by atoms with Crippen LogP contribution in [0.4, 0.5) is 0 Å². The first-order valence-corrected chi connectivity index (χ1v) is 19.5. The minimum Gasteiger partial charge on any atom is -0.461 e. The maximum Gasteiger partial charge on any atom is 0.338 e. The topological polar surface area (TPSA) is 107 Å². The van der Waals surface area contributed by atoms with E-state index in [9.17, 15) is 14.4 Å². The van der Waals surface area contributed by atoms with Crippen molar-refractivity contribution in [3.05, 3.63) is 105 Å². The lowest BCUT2D eigenvalue weighted by Gasteiger charge is -2.31. The molecule has 0 N–H and O–H groups in total. The van der Waals surface area contributed by atoms with Crippen LogP contribution in [0.3, 0.4) is 0 Å². The number of ether oxygens (including phenoxy) is 6. The van der Waals surface area contributed by atoms with E-state index in [2.05, 4.69) is 20.8 Å². The minimum atomic E-state index is -1.04. The Morgan fingerprint density at radius 1 is 0.528 bits per heavy atom. The van der Waals surface area contributed by atoms with Crippen LogP contribution in [0.1, 0.15) is 149 Å². The lowest BCUT2D eigenvalue weighted by atomic mass is 9.84. The van der Waals surface area contributed by atoms with Crippen LogP contribution in [0, 0.1) is 5.41 Å². The van der Waals surface area contributed by atoms with Crippen molar-refractivity contribution in [1.29, 1.82) is 0 Å². The molecule has 0 saturated heterocycles. The molecule has 3 aliphatic rings. The van der Waals surface area contributed by atoms with Gasteiger partial charge in [0.15, 0.2) is 0 Å². The molecule has 3 unspecified atom stereocenters. The van der Waals surface area contributed by atoms with Crippen molar-refractivity contribution in [3.8, 4) is 0 Å². The second kappa shape index (κ2) is 17.9. The number of hydrogen-bond acceptors (Lipinski definition) is 9. The molecule has 0 radical (unpaired) electrons. The van der Waals surface area contributed by atoms with Gasteiger partial charge in [0.05, 0.1) is 40.4 Å². The highest BCUT2D eigenvalue weighted by Crippen LogP contribution is 2.39. The summed E-state index contributed by atoms with van der Waals surface area (Å²) in [6.07, 6.45) is 8.56. The lowest BCUT2D eigenvalue weighted by Crippen LogP contribution is -2.37. The molecule has 6 rings (SSSR count). The zero-order valence-corrected chi connectivity index (χ0v) is 31.7. The van der Waals surface area contributed by atoms with Crippen LogP contribution in [0.2, 0.25) is 0 Å². The average Bonchev–Trinajstić information content (AvgIpc) is 3.14. The smallest absolute Gasteiger partial charge is 0.338 e. The third kappa shape index (κ3) is 9.37. The van der Waals surface area contributed by atoms with Crippen molar-refractivity contribution in [3.63, 3.8) is 0 Å². The molecule has 9 nitrogen and oxygen atoms in total. The molecule has 0 aromatic heterocycles. The summed E-state index contributed by atoms with van der Waals surface area (Å²) in [5.74, 6) is -1.53. The second-order valence-corrected chi connectivity index (χ2v) is 15.0. The number of fused-ring (bicyclic) bond motifs is 3. The number of benzene rings is 3. The highest BCUT2D eigenvalue weighted by atomic mass is 16.6. The predicted octanol–water partition coefficient (Wildman–Crippen LogP) is 8.81. The minimum absolute atomic E-state index is 0.0189. The Kier molecular flexibility index (Phi) is 13.0. The number of unbranched alkanes of at least 4 members (excludes halogenated alkanes) is 3. The van der Waals surface area contributed by atoms with E-state index >= 15 is 0 Å². The van der Waals surface area contributed by atoms with Gasteiger partial charge in [-0.15, -0.1) is 0 Å². The van der Waals surface area contributed by atoms with Crippen molar-refractivity contribution in [1.82, 2.24) is 0 Å². The van der Waals surface area contributed by atoms with E-state index in [1.54, 1.807) is 25.1 Å². The molecule has 3 aliphatic carbocycles. The summed E-state index contributed by atoms with van der Waals surface area (Å²) in [4.78, 5) is 40.1. The van der Waals surface area contributed by atoms with E-state index in [1.165, 1.54) is 0 Å². The van der Waals surface area contributed by atoms with E-state index < -0.39 is 23.3 Å². The van der Waals surface area contributed by atoms with Gasteiger partial charge < -0.3 is 28.4 Å². The van der Waals surface area contributed by atoms with Crippen LogP contribution >= 0.6 is 0 Å². The molecule has 3 aromatic rings. The van der Waals surface area contributed by atoms with Crippen molar-refractivity contribution in [2.45, 2.75) is 104 Å². The van der Waals surface area contributed by atoms with Gasteiger partial charge in [0.1, 0.15) is 19.8 Å². The average molecular weight is 727 g/mol. The lowest BCUT2D eigenvalue weighted by molar-refractivity contribution is -0.0288. The first kappa shape index (κ1) is 38.7. The molecule has 3 atom stereocenters. The third-order valence-electron chi connectivity index (χ3n) is 10.5. The number of carbonyl (C=O) groups excluding carboxylic acids is 3. The van der Waals surface area contributed by atoms with Crippen molar-refractivity contribution < 1.29 is 42.8 Å². The summed E-state index contributed by atoms with van der Waals surface area (Å²) < 4.78 is 35.5. The van der Waals surface area contributed by atoms with Crippen molar-refractivity contribution >= 4 is 17.9 Å². The number of esters is 3. The first-order valence-electron chi connectivity index (χ1n) is 19.5. The van der Waals surface area contributed by atoms with Gasteiger partial charge in [-0.25, -0.2) is 14.4 Å². The molecule has 53 heavy (non-hydrogen) atoms. The molecular weight excluding hydrogens is 672 g/mol. The maximum atomic E-state index is 13.4. The molecule has 284 valence electrons. The summed E-state index contributed by atoms with van der Waals surface area (Å²) in [5, 5.41) is 0. The summed E-state index contributed by atoms with van der Waals surface area (Å²) in [5.41, 5.74) is 6.73. The van der Waals surface area contributed by atoms with Crippen LogP contribution in [-0.2, 0) is 47.7 Å². The van der Waals surface area contributed by atoms with Gasteiger partial charge in [-0.2, -0.15) is 0 Å². The summed E-state index contributed by atoms with van der Waals surface area (Å²) >= 11 is 0. The van der Waals surface area contributed by atoms with Gasteiger partial charge in [0.2, 0.25) is 0 Å². The molecule has 0 aliphatic heterocycles. The SMILES string of the molecule is CCCCOC1Cc2ccc(C(=O)OCC(C)(COC(=O)c3ccc4c(c3)C(OCCCC)C4)COC(=O)c3ccc4c(c3)C(OCCCC)C4)cc21. The standard InChI is InChI=1S/C44H54O9/c1-5-8-17-48-38-23-29-11-14-32(20-35(29)38)41(45)51-26-44(4,27-52-42(46)33-15-12-30-24-39(36(30)21-33)49-18-9-6-2)28-53-43(47)34-16-13-31-25-40(37(31)22-34)50-19-10-7-3/h11-16,20-22,38-40H,5-10,17-19,23-28H2,1-4H3. The largest absolute Gasteiger partial charge is 0.461 e. The number of rotatable bonds is 21. The molecule has 0 saturated carbocycles. The van der Waals surface area contributed by atoms with Crippen LogP contribution in [0.15, 0.2) is 54.6 Å². The fraction of sp³-hybridized carbons (Fsp3) is 0.523. The van der Waals surface area contributed by atoms with Crippen LogP contribution < -0.4 is 0 Å². The van der Waals surface area contributed by atoms with Crippen LogP contribution in [0.25, 0.3) is 0 Å². The molecule has 0 spiro atoms. The molecule has 0 amide bonds. The van der Waals surface area contributed by atoms with Gasteiger partial charge >= 0.3 is 17.9 Å². The number of carbonyl (C=O) groups is 3. The van der Waals surface area contributed by atoms with Gasteiger partial charge in [-0.1, -0.05) is 58.2 Å². The summed E-state index contributed by atoms with van der Waals surface area (Å²) in [6.45, 7) is 9.77. The fourth-order valence-electron chi connectivity index (χ4n) is 6.81. The Balaban J connectivity index is 1.11. The summed E-state index contributed by atoms with van der Waals surface area (Å²) in [6, 6.07) is 16.6. The van der Waals surface area contributed by atoms with E-state index in [0.717, 1.165) is 91.2 Å². The highest BCUT2D eigenvalue weighted by molar-refractivity contribution is 5.91. The molecule has 0 fully saturated rings. The Morgan fingerprint density at radius 3 is 1.11 bits per heavy atom. The first-order chi connectivity index (χ1) is 25.7.